The molecule has 178 valence electrons. The van der Waals surface area contributed by atoms with Crippen molar-refractivity contribution in [2.24, 2.45) is 0 Å². The van der Waals surface area contributed by atoms with E-state index in [2.05, 4.69) is 35.3 Å². The monoisotopic (exact) mass is 480 g/mol. The number of methoxy groups -OCH3 is 1. The highest BCUT2D eigenvalue weighted by Gasteiger charge is 2.24. The van der Waals surface area contributed by atoms with Gasteiger partial charge in [-0.1, -0.05) is 49.1 Å². The van der Waals surface area contributed by atoms with Crippen LogP contribution in [0.3, 0.4) is 0 Å². The zero-order chi connectivity index (χ0) is 24.9. The molecular formula is C24H28N4O5Si. The van der Waals surface area contributed by atoms with Crippen LogP contribution < -0.4 is 31.8 Å². The van der Waals surface area contributed by atoms with Crippen molar-refractivity contribution in [2.45, 2.75) is 32.2 Å². The van der Waals surface area contributed by atoms with Crippen molar-refractivity contribution in [3.05, 3.63) is 87.2 Å². The van der Waals surface area contributed by atoms with Crippen LogP contribution in [-0.4, -0.2) is 36.5 Å². The van der Waals surface area contributed by atoms with Crippen LogP contribution in [0.5, 0.6) is 5.75 Å². The number of nitrogens with one attached hydrogen (secondary N) is 3. The molecule has 0 aliphatic heterocycles. The van der Waals surface area contributed by atoms with Crippen molar-refractivity contribution < 1.29 is 14.3 Å². The van der Waals surface area contributed by atoms with E-state index in [0.29, 0.717) is 17.0 Å². The second kappa shape index (κ2) is 10.3. The van der Waals surface area contributed by atoms with Crippen LogP contribution in [-0.2, 0) is 16.1 Å². The average molecular weight is 481 g/mol. The molecule has 0 spiro atoms. The van der Waals surface area contributed by atoms with Gasteiger partial charge < -0.3 is 20.4 Å². The van der Waals surface area contributed by atoms with E-state index in [1.165, 1.54) is 18.5 Å². The Bertz CT molecular complexity index is 1250. The van der Waals surface area contributed by atoms with Gasteiger partial charge in [-0.3, -0.25) is 19.0 Å². The van der Waals surface area contributed by atoms with Gasteiger partial charge in [0.15, 0.2) is 0 Å². The van der Waals surface area contributed by atoms with Crippen molar-refractivity contribution >= 4 is 30.8 Å². The fraction of sp³-hybridized carbons (Fsp3) is 0.250. The second-order valence-corrected chi connectivity index (χ2v) is 13.9. The summed E-state index contributed by atoms with van der Waals surface area (Å²) >= 11 is 0. The van der Waals surface area contributed by atoms with Gasteiger partial charge in [-0.25, -0.2) is 4.79 Å². The Morgan fingerprint density at radius 1 is 1.00 bits per heavy atom. The van der Waals surface area contributed by atoms with Gasteiger partial charge in [-0.05, 0) is 29.8 Å². The Labute approximate surface area is 197 Å². The summed E-state index contributed by atoms with van der Waals surface area (Å²) in [4.78, 5) is 52.1. The number of amides is 2. The van der Waals surface area contributed by atoms with Crippen molar-refractivity contribution in [2.75, 3.05) is 12.4 Å². The van der Waals surface area contributed by atoms with Gasteiger partial charge >= 0.3 is 5.69 Å². The minimum atomic E-state index is -1.49. The molecule has 0 aliphatic carbocycles. The van der Waals surface area contributed by atoms with Gasteiger partial charge in [0.1, 0.15) is 18.3 Å². The van der Waals surface area contributed by atoms with E-state index in [-0.39, 0.29) is 0 Å². The molecule has 0 saturated carbocycles. The quantitative estimate of drug-likeness (QED) is 0.423. The maximum atomic E-state index is 13.2. The smallest absolute Gasteiger partial charge is 0.328 e. The van der Waals surface area contributed by atoms with Crippen LogP contribution in [0.2, 0.25) is 19.6 Å². The van der Waals surface area contributed by atoms with Gasteiger partial charge in [0.05, 0.1) is 15.2 Å². The van der Waals surface area contributed by atoms with E-state index in [0.717, 1.165) is 10.6 Å². The molecule has 0 radical (unpaired) electrons. The summed E-state index contributed by atoms with van der Waals surface area (Å²) < 4.78 is 5.93. The Kier molecular flexibility index (Phi) is 7.52. The van der Waals surface area contributed by atoms with E-state index in [9.17, 15) is 19.2 Å². The number of aromatic nitrogens is 2. The number of hydrogen-bond donors (Lipinski definition) is 3. The number of aromatic amines is 1. The molecule has 0 bridgehead atoms. The first-order chi connectivity index (χ1) is 16.1. The zero-order valence-electron chi connectivity index (χ0n) is 19.5. The molecule has 2 aromatic carbocycles. The first-order valence-corrected chi connectivity index (χ1v) is 14.2. The Morgan fingerprint density at radius 2 is 1.65 bits per heavy atom. The zero-order valence-corrected chi connectivity index (χ0v) is 20.5. The molecule has 0 aliphatic rings. The lowest BCUT2D eigenvalue weighted by molar-refractivity contribution is -0.127. The maximum Gasteiger partial charge on any atom is 0.328 e. The lowest BCUT2D eigenvalue weighted by Gasteiger charge is -2.20. The standard InChI is InChI=1S/C24H28N4O5Si/c1-33-18-9-5-16(6-10-18)22(27-20(29)15-28-21(30)13-14-25-24(28)32)23(31)26-17-7-11-19(12-8-17)34(2,3)4/h5-14,22H,15H2,1-4H3,(H,25,32)(H,26,31)(H,27,29). The molecule has 3 rings (SSSR count). The van der Waals surface area contributed by atoms with E-state index in [1.54, 1.807) is 24.3 Å². The summed E-state index contributed by atoms with van der Waals surface area (Å²) in [7, 11) is 0.0424. The summed E-state index contributed by atoms with van der Waals surface area (Å²) in [5, 5.41) is 6.72. The Balaban J connectivity index is 1.84. The summed E-state index contributed by atoms with van der Waals surface area (Å²) in [5.41, 5.74) is -0.224. The van der Waals surface area contributed by atoms with E-state index in [4.69, 9.17) is 4.74 Å². The van der Waals surface area contributed by atoms with Gasteiger partial charge in [-0.15, -0.1) is 0 Å². The SMILES string of the molecule is COc1ccc(C(NC(=O)Cn2c(=O)cc[nH]c2=O)C(=O)Nc2ccc([Si](C)(C)C)cc2)cc1. The third kappa shape index (κ3) is 6.10. The molecule has 1 aromatic heterocycles. The molecule has 3 N–H and O–H groups in total. The summed E-state index contributed by atoms with van der Waals surface area (Å²) in [5.74, 6) is -0.532. The molecule has 10 heteroatoms. The number of anilines is 1. The summed E-state index contributed by atoms with van der Waals surface area (Å²) in [6.07, 6.45) is 1.21. The molecule has 0 saturated heterocycles. The molecule has 1 unspecified atom stereocenters. The van der Waals surface area contributed by atoms with E-state index >= 15 is 0 Å². The third-order valence-electron chi connectivity index (χ3n) is 5.28. The highest BCUT2D eigenvalue weighted by Crippen LogP contribution is 2.20. The number of rotatable bonds is 8. The lowest BCUT2D eigenvalue weighted by atomic mass is 10.1. The molecule has 0 fully saturated rings. The Hall–Kier alpha value is -3.92. The largest absolute Gasteiger partial charge is 0.497 e. The number of ether oxygens (including phenoxy) is 1. The number of carbonyl (C=O) groups excluding carboxylic acids is 2. The molecule has 1 atom stereocenters. The van der Waals surface area contributed by atoms with Gasteiger partial charge in [-0.2, -0.15) is 0 Å². The van der Waals surface area contributed by atoms with Crippen LogP contribution in [0, 0.1) is 0 Å². The van der Waals surface area contributed by atoms with Crippen LogP contribution in [0.25, 0.3) is 0 Å². The van der Waals surface area contributed by atoms with Crippen LogP contribution in [0.4, 0.5) is 5.69 Å². The molecule has 34 heavy (non-hydrogen) atoms. The van der Waals surface area contributed by atoms with Gasteiger partial charge in [0.2, 0.25) is 5.91 Å². The van der Waals surface area contributed by atoms with Crippen molar-refractivity contribution in [3.63, 3.8) is 0 Å². The second-order valence-electron chi connectivity index (χ2n) is 8.80. The van der Waals surface area contributed by atoms with Crippen LogP contribution in [0.1, 0.15) is 11.6 Å². The normalized spacial score (nSPS) is 12.0. The molecule has 3 aromatic rings. The topological polar surface area (TPSA) is 122 Å². The minimum absolute atomic E-state index is 0.464. The van der Waals surface area contributed by atoms with Crippen LogP contribution in [0.15, 0.2) is 70.4 Å². The molecule has 2 amide bonds. The van der Waals surface area contributed by atoms with E-state index in [1.807, 2.05) is 24.3 Å². The van der Waals surface area contributed by atoms with Crippen LogP contribution >= 0.6 is 0 Å². The third-order valence-corrected chi connectivity index (χ3v) is 7.35. The number of nitrogens with zero attached hydrogens (tertiary/aromatic N) is 1. The number of H-pyrrole nitrogens is 1. The fourth-order valence-electron chi connectivity index (χ4n) is 3.32. The van der Waals surface area contributed by atoms with E-state index < -0.39 is 43.7 Å². The average Bonchev–Trinajstić information content (AvgIpc) is 2.80. The molecule has 9 nitrogen and oxygen atoms in total. The number of hydrogen-bond acceptors (Lipinski definition) is 5. The number of benzene rings is 2. The first-order valence-electron chi connectivity index (χ1n) is 10.7. The maximum absolute atomic E-state index is 13.2. The number of carbonyl (C=O) groups is 2. The summed E-state index contributed by atoms with van der Waals surface area (Å²) in [6, 6.07) is 14.4. The minimum Gasteiger partial charge on any atom is -0.497 e. The Morgan fingerprint density at radius 3 is 2.21 bits per heavy atom. The van der Waals surface area contributed by atoms with Gasteiger partial charge in [0.25, 0.3) is 11.5 Å². The first kappa shape index (κ1) is 24.7. The fourth-order valence-corrected chi connectivity index (χ4v) is 4.48. The molecular weight excluding hydrogens is 452 g/mol. The van der Waals surface area contributed by atoms with Crippen molar-refractivity contribution in [3.8, 4) is 5.75 Å². The highest BCUT2D eigenvalue weighted by atomic mass is 28.3. The van der Waals surface area contributed by atoms with Crippen molar-refractivity contribution in [1.29, 1.82) is 0 Å². The highest BCUT2D eigenvalue weighted by molar-refractivity contribution is 6.88. The van der Waals surface area contributed by atoms with Gasteiger partial charge in [0, 0.05) is 18.0 Å². The predicted octanol–water partition coefficient (Wildman–Crippen LogP) is 1.59. The van der Waals surface area contributed by atoms with Crippen molar-refractivity contribution in [1.82, 2.24) is 14.9 Å². The summed E-state index contributed by atoms with van der Waals surface area (Å²) in [6.45, 7) is 6.18. The predicted molar refractivity (Wildman–Crippen MR) is 133 cm³/mol. The lowest BCUT2D eigenvalue weighted by Crippen LogP contribution is -2.43. The molecule has 1 heterocycles.